The molecule has 2 aliphatic rings. The second-order valence-corrected chi connectivity index (χ2v) is 7.73. The van der Waals surface area contributed by atoms with Crippen molar-refractivity contribution in [3.8, 4) is 0 Å². The smallest absolute Gasteiger partial charge is 0.194 e. The average molecular weight is 430 g/mol. The topological polar surface area (TPSA) is 26.3 Å². The highest BCUT2D eigenvalue weighted by Crippen LogP contribution is 2.50. The lowest BCUT2D eigenvalue weighted by Crippen LogP contribution is -1.99. The van der Waals surface area contributed by atoms with Crippen molar-refractivity contribution in [2.24, 2.45) is 0 Å². The SMILES string of the molecule is O=c1c2cc(Br)ccc2c2c(c3ccc(Br)cc13)C1C=CC2O1. The second-order valence-electron chi connectivity index (χ2n) is 5.90. The highest BCUT2D eigenvalue weighted by Gasteiger charge is 2.36. The van der Waals surface area contributed by atoms with Crippen LogP contribution in [0.3, 0.4) is 0 Å². The molecule has 2 aliphatic heterocycles. The van der Waals surface area contributed by atoms with E-state index in [0.29, 0.717) is 0 Å². The Balaban J connectivity index is 2.14. The molecule has 2 atom stereocenters. The molecule has 4 heteroatoms. The van der Waals surface area contributed by atoms with Crippen molar-refractivity contribution >= 4 is 53.4 Å². The minimum absolute atomic E-state index is 0.0580. The fourth-order valence-electron chi connectivity index (χ4n) is 3.71. The van der Waals surface area contributed by atoms with E-state index in [2.05, 4.69) is 44.0 Å². The van der Waals surface area contributed by atoms with Crippen molar-refractivity contribution in [3.63, 3.8) is 0 Å². The van der Waals surface area contributed by atoms with Crippen molar-refractivity contribution in [1.82, 2.24) is 0 Å². The molecule has 0 aliphatic carbocycles. The van der Waals surface area contributed by atoms with Crippen LogP contribution in [0.5, 0.6) is 0 Å². The van der Waals surface area contributed by atoms with Gasteiger partial charge in [-0.15, -0.1) is 0 Å². The van der Waals surface area contributed by atoms with E-state index in [9.17, 15) is 4.79 Å². The van der Waals surface area contributed by atoms with Gasteiger partial charge < -0.3 is 4.74 Å². The highest BCUT2D eigenvalue weighted by atomic mass is 79.9. The van der Waals surface area contributed by atoms with Crippen LogP contribution in [-0.2, 0) is 4.74 Å². The van der Waals surface area contributed by atoms with Crippen molar-refractivity contribution in [1.29, 1.82) is 0 Å². The molecule has 0 saturated heterocycles. The van der Waals surface area contributed by atoms with Gasteiger partial charge in [-0.05, 0) is 46.2 Å². The Hall–Kier alpha value is -1.49. The summed E-state index contributed by atoms with van der Waals surface area (Å²) in [7, 11) is 0. The fourth-order valence-corrected chi connectivity index (χ4v) is 4.43. The fraction of sp³-hybridized carbons (Fsp3) is 0.105. The van der Waals surface area contributed by atoms with Crippen LogP contribution in [0.2, 0.25) is 0 Å². The molecule has 0 fully saturated rings. The third kappa shape index (κ3) is 1.86. The molecule has 2 unspecified atom stereocenters. The zero-order chi connectivity index (χ0) is 15.7. The minimum atomic E-state index is -0.0580. The van der Waals surface area contributed by atoms with Gasteiger partial charge in [0.15, 0.2) is 5.43 Å². The number of rotatable bonds is 0. The number of hydrogen-bond acceptors (Lipinski definition) is 2. The number of ether oxygens (including phenoxy) is 1. The quantitative estimate of drug-likeness (QED) is 0.437. The summed E-state index contributed by atoms with van der Waals surface area (Å²) in [5, 5.41) is 3.43. The van der Waals surface area contributed by atoms with Crippen LogP contribution >= 0.6 is 31.9 Å². The molecule has 23 heavy (non-hydrogen) atoms. The van der Waals surface area contributed by atoms with Gasteiger partial charge in [0.25, 0.3) is 0 Å². The molecule has 2 heterocycles. The highest BCUT2D eigenvalue weighted by molar-refractivity contribution is 9.10. The molecule has 0 N–H and O–H groups in total. The zero-order valence-electron chi connectivity index (χ0n) is 11.8. The third-order valence-electron chi connectivity index (χ3n) is 4.65. The number of halogens is 2. The van der Waals surface area contributed by atoms with E-state index in [-0.39, 0.29) is 17.6 Å². The van der Waals surface area contributed by atoms with Crippen LogP contribution in [0.15, 0.2) is 62.3 Å². The molecule has 0 radical (unpaired) electrons. The Bertz CT molecular complexity index is 1020. The monoisotopic (exact) mass is 428 g/mol. The van der Waals surface area contributed by atoms with E-state index in [1.165, 1.54) is 0 Å². The first-order valence-electron chi connectivity index (χ1n) is 7.36. The molecule has 0 aromatic heterocycles. The lowest BCUT2D eigenvalue weighted by Gasteiger charge is -2.08. The van der Waals surface area contributed by atoms with E-state index >= 15 is 0 Å². The van der Waals surface area contributed by atoms with Crippen molar-refractivity contribution < 1.29 is 4.74 Å². The first-order chi connectivity index (χ1) is 11.1. The molecular formula is C19H10Br2O2. The normalized spacial score (nSPS) is 21.3. The second kappa shape index (κ2) is 4.76. The molecule has 2 nitrogen and oxygen atoms in total. The van der Waals surface area contributed by atoms with Crippen LogP contribution in [0, 0.1) is 0 Å². The molecule has 5 rings (SSSR count). The lowest BCUT2D eigenvalue weighted by atomic mass is 9.93. The predicted molar refractivity (Wildman–Crippen MR) is 98.8 cm³/mol. The molecule has 3 aromatic carbocycles. The summed E-state index contributed by atoms with van der Waals surface area (Å²) in [5.74, 6) is 0. The van der Waals surface area contributed by atoms with Crippen LogP contribution in [0.4, 0.5) is 0 Å². The van der Waals surface area contributed by atoms with Gasteiger partial charge in [0, 0.05) is 19.7 Å². The summed E-state index contributed by atoms with van der Waals surface area (Å²) in [6.07, 6.45) is 4.06. The standard InChI is InChI=1S/C19H10Br2O2/c20-9-1-3-11-13(7-9)19(22)14-8-10(21)2-4-12(14)18-16-6-5-15(23-16)17(11)18/h1-8,15-16H. The van der Waals surface area contributed by atoms with E-state index in [4.69, 9.17) is 4.74 Å². The van der Waals surface area contributed by atoms with Gasteiger partial charge in [0.2, 0.25) is 0 Å². The maximum Gasteiger partial charge on any atom is 0.194 e. The third-order valence-corrected chi connectivity index (χ3v) is 5.63. The van der Waals surface area contributed by atoms with Gasteiger partial charge in [-0.2, -0.15) is 0 Å². The van der Waals surface area contributed by atoms with Gasteiger partial charge in [-0.25, -0.2) is 0 Å². The Kier molecular flexibility index (Phi) is 2.88. The van der Waals surface area contributed by atoms with E-state index in [0.717, 1.165) is 41.6 Å². The maximum absolute atomic E-state index is 13.2. The summed E-state index contributed by atoms with van der Waals surface area (Å²) in [4.78, 5) is 13.2. The molecule has 0 amide bonds. The van der Waals surface area contributed by atoms with Gasteiger partial charge >= 0.3 is 0 Å². The van der Waals surface area contributed by atoms with Crippen LogP contribution in [-0.4, -0.2) is 0 Å². The maximum atomic E-state index is 13.2. The van der Waals surface area contributed by atoms with Crippen molar-refractivity contribution in [2.75, 3.05) is 0 Å². The minimum Gasteiger partial charge on any atom is -0.357 e. The summed E-state index contributed by atoms with van der Waals surface area (Å²) in [6, 6.07) is 11.8. The van der Waals surface area contributed by atoms with E-state index in [1.807, 2.05) is 36.4 Å². The van der Waals surface area contributed by atoms with E-state index < -0.39 is 0 Å². The first-order valence-corrected chi connectivity index (χ1v) is 8.94. The van der Waals surface area contributed by atoms with Gasteiger partial charge in [0.1, 0.15) is 12.2 Å². The first kappa shape index (κ1) is 13.9. The van der Waals surface area contributed by atoms with Crippen LogP contribution < -0.4 is 5.43 Å². The molecule has 3 aromatic rings. The molecular weight excluding hydrogens is 420 g/mol. The van der Waals surface area contributed by atoms with Crippen molar-refractivity contribution in [3.05, 3.63) is 78.8 Å². The van der Waals surface area contributed by atoms with Gasteiger partial charge in [-0.3, -0.25) is 4.79 Å². The Morgan fingerprint density at radius 2 is 1.22 bits per heavy atom. The summed E-state index contributed by atoms with van der Waals surface area (Å²) >= 11 is 6.98. The summed E-state index contributed by atoms with van der Waals surface area (Å²) in [6.45, 7) is 0. The average Bonchev–Trinajstić information content (AvgIpc) is 3.13. The predicted octanol–water partition coefficient (Wildman–Crippen LogP) is 5.56. The molecule has 112 valence electrons. The van der Waals surface area contributed by atoms with Crippen molar-refractivity contribution in [2.45, 2.75) is 12.2 Å². The lowest BCUT2D eigenvalue weighted by molar-refractivity contribution is 0.0887. The number of benzene rings is 2. The zero-order valence-corrected chi connectivity index (χ0v) is 15.0. The van der Waals surface area contributed by atoms with E-state index in [1.54, 1.807) is 0 Å². The molecule has 0 spiro atoms. The molecule has 0 saturated carbocycles. The van der Waals surface area contributed by atoms with Gasteiger partial charge in [0.05, 0.1) is 0 Å². The Morgan fingerprint density at radius 1 is 0.739 bits per heavy atom. The Labute approximate surface area is 149 Å². The number of hydrogen-bond donors (Lipinski definition) is 0. The number of fused-ring (bicyclic) bond motifs is 9. The van der Waals surface area contributed by atoms with Crippen LogP contribution in [0.25, 0.3) is 21.5 Å². The van der Waals surface area contributed by atoms with Gasteiger partial charge in [-0.1, -0.05) is 56.1 Å². The van der Waals surface area contributed by atoms with Crippen LogP contribution in [0.1, 0.15) is 23.3 Å². The summed E-state index contributed by atoms with van der Waals surface area (Å²) < 4.78 is 7.88. The molecule has 2 bridgehead atoms. The summed E-state index contributed by atoms with van der Waals surface area (Å²) in [5.41, 5.74) is 2.33. The Morgan fingerprint density at radius 3 is 1.70 bits per heavy atom. The largest absolute Gasteiger partial charge is 0.357 e.